The van der Waals surface area contributed by atoms with Gasteiger partial charge >= 0.3 is 17.9 Å². The largest absolute Gasteiger partial charge is 0.462 e. The van der Waals surface area contributed by atoms with E-state index >= 15 is 0 Å². The topological polar surface area (TPSA) is 78.9 Å². The van der Waals surface area contributed by atoms with E-state index in [0.717, 1.165) is 57.8 Å². The van der Waals surface area contributed by atoms with Crippen molar-refractivity contribution >= 4 is 17.9 Å². The van der Waals surface area contributed by atoms with Crippen LogP contribution in [0.25, 0.3) is 0 Å². The minimum absolute atomic E-state index is 0.0709. The number of unbranched alkanes of at least 4 members (excludes halogenated alkanes) is 51. The highest BCUT2D eigenvalue weighted by atomic mass is 16.6. The molecule has 0 aliphatic heterocycles. The van der Waals surface area contributed by atoms with Crippen molar-refractivity contribution < 1.29 is 28.6 Å². The second-order valence-electron chi connectivity index (χ2n) is 24.8. The van der Waals surface area contributed by atoms with E-state index in [1.807, 2.05) is 0 Å². The van der Waals surface area contributed by atoms with E-state index in [4.69, 9.17) is 14.2 Å². The fourth-order valence-electron chi connectivity index (χ4n) is 11.1. The van der Waals surface area contributed by atoms with Crippen LogP contribution in [0.5, 0.6) is 0 Å². The van der Waals surface area contributed by atoms with Crippen LogP contribution in [0.3, 0.4) is 0 Å². The molecule has 0 aliphatic rings. The van der Waals surface area contributed by atoms with E-state index in [-0.39, 0.29) is 31.1 Å². The Labute approximate surface area is 506 Å². The summed E-state index contributed by atoms with van der Waals surface area (Å²) in [5.74, 6) is -0.847. The molecule has 0 bridgehead atoms. The number of esters is 3. The van der Waals surface area contributed by atoms with Crippen LogP contribution < -0.4 is 0 Å². The summed E-state index contributed by atoms with van der Waals surface area (Å²) in [6.07, 6.45) is 87.4. The molecule has 0 unspecified atom stereocenters. The number of carbonyl (C=O) groups is 3. The number of ether oxygens (including phenoxy) is 3. The number of allylic oxidation sites excluding steroid dienone is 6. The van der Waals surface area contributed by atoms with Crippen LogP contribution in [0.15, 0.2) is 36.5 Å². The molecule has 0 aliphatic carbocycles. The summed E-state index contributed by atoms with van der Waals surface area (Å²) in [7, 11) is 0. The van der Waals surface area contributed by atoms with Gasteiger partial charge in [0.1, 0.15) is 13.2 Å². The maximum absolute atomic E-state index is 13.0. The molecule has 0 amide bonds. The Balaban J connectivity index is 4.33. The highest BCUT2D eigenvalue weighted by Gasteiger charge is 2.19. The zero-order chi connectivity index (χ0) is 58.5. The van der Waals surface area contributed by atoms with Crippen molar-refractivity contribution in [3.8, 4) is 0 Å². The molecule has 0 radical (unpaired) electrons. The fraction of sp³-hybridized carbons (Fsp3) is 0.880. The van der Waals surface area contributed by atoms with Gasteiger partial charge in [-0.05, 0) is 96.3 Å². The van der Waals surface area contributed by atoms with E-state index in [1.54, 1.807) is 0 Å². The van der Waals surface area contributed by atoms with Crippen LogP contribution in [0.2, 0.25) is 0 Å². The van der Waals surface area contributed by atoms with E-state index in [1.165, 1.54) is 308 Å². The molecule has 476 valence electrons. The number of rotatable bonds is 68. The van der Waals surface area contributed by atoms with Crippen molar-refractivity contribution in [1.82, 2.24) is 0 Å². The van der Waals surface area contributed by atoms with Crippen molar-refractivity contribution in [3.05, 3.63) is 36.5 Å². The lowest BCUT2D eigenvalue weighted by Gasteiger charge is -2.18. The quantitative estimate of drug-likeness (QED) is 0.0261. The van der Waals surface area contributed by atoms with Gasteiger partial charge in [0.2, 0.25) is 0 Å². The van der Waals surface area contributed by atoms with Gasteiger partial charge < -0.3 is 14.2 Å². The number of hydrogen-bond donors (Lipinski definition) is 0. The van der Waals surface area contributed by atoms with Gasteiger partial charge in [0.25, 0.3) is 0 Å². The Morgan fingerprint density at radius 3 is 0.617 bits per heavy atom. The molecular formula is C75H140O6. The van der Waals surface area contributed by atoms with Gasteiger partial charge in [0, 0.05) is 19.3 Å². The molecular weight excluding hydrogens is 997 g/mol. The number of carbonyl (C=O) groups excluding carboxylic acids is 3. The first-order valence-electron chi connectivity index (χ1n) is 36.5. The molecule has 0 atom stereocenters. The second kappa shape index (κ2) is 70.1. The van der Waals surface area contributed by atoms with Gasteiger partial charge in [0.05, 0.1) is 0 Å². The van der Waals surface area contributed by atoms with Crippen LogP contribution >= 0.6 is 0 Å². The third-order valence-electron chi connectivity index (χ3n) is 16.6. The van der Waals surface area contributed by atoms with Gasteiger partial charge in [0.15, 0.2) is 6.10 Å². The highest BCUT2D eigenvalue weighted by Crippen LogP contribution is 2.18. The van der Waals surface area contributed by atoms with Crippen LogP contribution in [0.1, 0.15) is 406 Å². The maximum atomic E-state index is 13.0. The van der Waals surface area contributed by atoms with Crippen molar-refractivity contribution in [3.63, 3.8) is 0 Å². The van der Waals surface area contributed by atoms with Gasteiger partial charge in [-0.1, -0.05) is 327 Å². The first-order valence-corrected chi connectivity index (χ1v) is 36.5. The molecule has 0 aromatic carbocycles. The summed E-state index contributed by atoms with van der Waals surface area (Å²) in [5.41, 5.74) is 0. The van der Waals surface area contributed by atoms with Crippen LogP contribution in [0, 0.1) is 0 Å². The highest BCUT2D eigenvalue weighted by molar-refractivity contribution is 5.71. The third kappa shape index (κ3) is 68.3. The summed E-state index contributed by atoms with van der Waals surface area (Å²) in [4.78, 5) is 38.5. The van der Waals surface area contributed by atoms with Gasteiger partial charge in [-0.15, -0.1) is 0 Å². The molecule has 0 aromatic heterocycles. The Morgan fingerprint density at radius 1 is 0.235 bits per heavy atom. The molecule has 0 N–H and O–H groups in total. The zero-order valence-corrected chi connectivity index (χ0v) is 54.8. The van der Waals surface area contributed by atoms with E-state index in [0.29, 0.717) is 19.3 Å². The zero-order valence-electron chi connectivity index (χ0n) is 54.8. The first-order chi connectivity index (χ1) is 40.0. The van der Waals surface area contributed by atoms with Gasteiger partial charge in [-0.2, -0.15) is 0 Å². The van der Waals surface area contributed by atoms with Crippen molar-refractivity contribution in [1.29, 1.82) is 0 Å². The summed E-state index contributed by atoms with van der Waals surface area (Å²) < 4.78 is 17.0. The standard InChI is InChI=1S/C75H140O6/c1-4-7-10-13-16-19-22-25-28-31-34-37-40-43-46-49-52-55-58-61-64-67-73(76)79-70-72(81-75(78)69-66-63-60-57-54-51-48-45-42-39-36-33-30-27-24-21-18-15-12-9-6-3)71-80-74(77)68-65-62-59-56-53-50-47-44-41-38-35-32-29-26-23-20-17-14-11-8-5-2/h31-36,72H,4-30,37-71H2,1-3H3/b34-31-,35-32-,36-33-. The third-order valence-corrected chi connectivity index (χ3v) is 16.6. The predicted octanol–water partition coefficient (Wildman–Crippen LogP) is 25.1. The molecule has 81 heavy (non-hydrogen) atoms. The van der Waals surface area contributed by atoms with Crippen LogP contribution in [-0.4, -0.2) is 37.2 Å². The van der Waals surface area contributed by atoms with Crippen molar-refractivity contribution in [2.24, 2.45) is 0 Å². The second-order valence-corrected chi connectivity index (χ2v) is 24.8. The van der Waals surface area contributed by atoms with E-state index < -0.39 is 6.10 Å². The minimum Gasteiger partial charge on any atom is -0.462 e. The van der Waals surface area contributed by atoms with Crippen molar-refractivity contribution in [2.45, 2.75) is 412 Å². The molecule has 0 aromatic rings. The number of hydrogen-bond acceptors (Lipinski definition) is 6. The molecule has 0 saturated heterocycles. The first kappa shape index (κ1) is 78.6. The van der Waals surface area contributed by atoms with Crippen LogP contribution in [0.4, 0.5) is 0 Å². The monoisotopic (exact) mass is 1140 g/mol. The average molecular weight is 1140 g/mol. The molecule has 6 nitrogen and oxygen atoms in total. The predicted molar refractivity (Wildman–Crippen MR) is 353 cm³/mol. The Kier molecular flexibility index (Phi) is 68.1. The molecule has 0 saturated carbocycles. The lowest BCUT2D eigenvalue weighted by atomic mass is 10.1. The van der Waals surface area contributed by atoms with Gasteiger partial charge in [-0.3, -0.25) is 14.4 Å². The normalized spacial score (nSPS) is 11.9. The fourth-order valence-corrected chi connectivity index (χ4v) is 11.1. The summed E-state index contributed by atoms with van der Waals surface area (Å²) in [6, 6.07) is 0. The minimum atomic E-state index is -0.776. The molecule has 0 spiro atoms. The lowest BCUT2D eigenvalue weighted by Crippen LogP contribution is -2.30. The molecule has 0 rings (SSSR count). The lowest BCUT2D eigenvalue weighted by molar-refractivity contribution is -0.167. The maximum Gasteiger partial charge on any atom is 0.306 e. The van der Waals surface area contributed by atoms with Crippen LogP contribution in [-0.2, 0) is 28.6 Å². The Bertz CT molecular complexity index is 1280. The smallest absolute Gasteiger partial charge is 0.306 e. The molecule has 0 fully saturated rings. The van der Waals surface area contributed by atoms with Crippen molar-refractivity contribution in [2.75, 3.05) is 13.2 Å². The summed E-state index contributed by atoms with van der Waals surface area (Å²) in [6.45, 7) is 6.71. The van der Waals surface area contributed by atoms with E-state index in [9.17, 15) is 14.4 Å². The summed E-state index contributed by atoms with van der Waals surface area (Å²) in [5, 5.41) is 0. The summed E-state index contributed by atoms with van der Waals surface area (Å²) >= 11 is 0. The average Bonchev–Trinajstić information content (AvgIpc) is 3.47. The van der Waals surface area contributed by atoms with Gasteiger partial charge in [-0.25, -0.2) is 0 Å². The Morgan fingerprint density at radius 2 is 0.407 bits per heavy atom. The Hall–Kier alpha value is -2.37. The molecule has 6 heteroatoms. The molecule has 0 heterocycles. The SMILES string of the molecule is CCCCCCCCCC/C=C\CCCCCCCCCCCC(=O)OCC(COC(=O)CCCCCCCCCCC/C=C\CCCCCCCCCC)OC(=O)CCCCCCCCCCC/C=C\CCCCCCCCCC. The van der Waals surface area contributed by atoms with E-state index in [2.05, 4.69) is 57.2 Å².